The van der Waals surface area contributed by atoms with Crippen molar-refractivity contribution >= 4 is 64.2 Å². The van der Waals surface area contributed by atoms with Gasteiger partial charge in [-0.05, 0) is 93.2 Å². The first-order chi connectivity index (χ1) is 24.0. The van der Waals surface area contributed by atoms with E-state index < -0.39 is 22.5 Å². The van der Waals surface area contributed by atoms with Gasteiger partial charge in [-0.25, -0.2) is 9.79 Å². The minimum Gasteiger partial charge on any atom is -0.459 e. The van der Waals surface area contributed by atoms with E-state index in [0.717, 1.165) is 27.4 Å². The third kappa shape index (κ3) is 7.06. The number of allylic oxidation sites excluding steroid dienone is 1. The summed E-state index contributed by atoms with van der Waals surface area (Å²) >= 11 is 10.3. The molecular weight excluding hydrogens is 716 g/mol. The van der Waals surface area contributed by atoms with Crippen LogP contribution in [0.25, 0.3) is 17.5 Å². The molecule has 0 radical (unpaired) electrons. The number of aromatic nitrogens is 4. The fraction of sp³-hybridized carbons (Fsp3) is 0.229. The molecule has 0 fully saturated rings. The Balaban J connectivity index is 1.49. The fourth-order valence-electron chi connectivity index (χ4n) is 5.55. The second kappa shape index (κ2) is 14.8. The van der Waals surface area contributed by atoms with E-state index in [1.807, 2.05) is 60.2 Å². The zero-order valence-electron chi connectivity index (χ0n) is 27.6. The van der Waals surface area contributed by atoms with E-state index in [1.165, 1.54) is 28.5 Å². The smallest absolute Gasteiger partial charge is 0.338 e. The van der Waals surface area contributed by atoms with Gasteiger partial charge in [0, 0.05) is 39.1 Å². The Morgan fingerprint density at radius 1 is 1.14 bits per heavy atom. The molecule has 6 rings (SSSR count). The van der Waals surface area contributed by atoms with Gasteiger partial charge in [0.2, 0.25) is 0 Å². The summed E-state index contributed by atoms with van der Waals surface area (Å²) in [5, 5.41) is 21.8. The lowest BCUT2D eigenvalue weighted by Crippen LogP contribution is -2.40. The summed E-state index contributed by atoms with van der Waals surface area (Å²) in [5.74, 6) is 0.0750. The zero-order valence-corrected chi connectivity index (χ0v) is 30.8. The molecule has 0 N–H and O–H groups in total. The van der Waals surface area contributed by atoms with Crippen molar-refractivity contribution in [2.24, 2.45) is 4.99 Å². The summed E-state index contributed by atoms with van der Waals surface area (Å²) in [5.41, 5.74) is 2.16. The summed E-state index contributed by atoms with van der Waals surface area (Å²) in [7, 11) is 0. The number of non-ortho nitro benzene ring substituents is 1. The van der Waals surface area contributed by atoms with E-state index in [1.54, 1.807) is 50.7 Å². The molecule has 1 aliphatic rings. The molecule has 0 amide bonds. The first-order valence-corrected chi connectivity index (χ1v) is 18.8. The van der Waals surface area contributed by atoms with Crippen molar-refractivity contribution in [1.82, 2.24) is 19.3 Å². The standard InChI is InChI=1S/C35H31ClN6O5S3/c1-6-40-31(22-8-7-9-24(36)16-22)38-39-35(40)49-27-15-12-25(42(45)46)17-23(27)18-28-32(43)41-30(21-10-13-26(48-5)14-11-21)29(33(44)47-19(2)3)20(4)37-34(41)50-28/h7-19,30H,6H2,1-5H3/b28-18-/t30-/m1/s1. The number of rotatable bonds is 10. The molecule has 3 aromatic carbocycles. The Hall–Kier alpha value is -4.50. The highest BCUT2D eigenvalue weighted by Crippen LogP contribution is 2.35. The lowest BCUT2D eigenvalue weighted by molar-refractivity contribution is -0.384. The van der Waals surface area contributed by atoms with Crippen molar-refractivity contribution in [3.8, 4) is 11.4 Å². The number of thioether (sulfide) groups is 1. The normalized spacial score (nSPS) is 14.5. The maximum atomic E-state index is 14.3. The second-order valence-electron chi connectivity index (χ2n) is 11.5. The van der Waals surface area contributed by atoms with Gasteiger partial charge in [0.25, 0.3) is 11.2 Å². The molecule has 0 saturated carbocycles. The van der Waals surface area contributed by atoms with Gasteiger partial charge < -0.3 is 9.30 Å². The van der Waals surface area contributed by atoms with Crippen molar-refractivity contribution in [2.45, 2.75) is 61.3 Å². The van der Waals surface area contributed by atoms with Crippen molar-refractivity contribution in [1.29, 1.82) is 0 Å². The van der Waals surface area contributed by atoms with Gasteiger partial charge in [0.05, 0.1) is 32.9 Å². The van der Waals surface area contributed by atoms with Gasteiger partial charge in [-0.3, -0.25) is 19.5 Å². The largest absolute Gasteiger partial charge is 0.459 e. The van der Waals surface area contributed by atoms with Crippen LogP contribution in [0.4, 0.5) is 5.69 Å². The van der Waals surface area contributed by atoms with E-state index in [9.17, 15) is 19.7 Å². The van der Waals surface area contributed by atoms with Crippen LogP contribution in [-0.4, -0.2) is 42.6 Å². The second-order valence-corrected chi connectivity index (χ2v) is 14.8. The van der Waals surface area contributed by atoms with Gasteiger partial charge in [-0.15, -0.1) is 22.0 Å². The van der Waals surface area contributed by atoms with E-state index in [4.69, 9.17) is 16.3 Å². The highest BCUT2D eigenvalue weighted by molar-refractivity contribution is 7.99. The maximum Gasteiger partial charge on any atom is 0.338 e. The minimum atomic E-state index is -0.789. The summed E-state index contributed by atoms with van der Waals surface area (Å²) in [4.78, 5) is 45.9. The Morgan fingerprint density at radius 3 is 2.56 bits per heavy atom. The number of nitro groups is 1. The third-order valence-electron chi connectivity index (χ3n) is 7.82. The van der Waals surface area contributed by atoms with Crippen molar-refractivity contribution in [2.75, 3.05) is 6.26 Å². The molecule has 2 aromatic heterocycles. The molecular formula is C35H31ClN6O5S3. The van der Waals surface area contributed by atoms with Crippen LogP contribution in [-0.2, 0) is 16.1 Å². The monoisotopic (exact) mass is 746 g/mol. The van der Waals surface area contributed by atoms with Crippen LogP contribution in [0, 0.1) is 10.1 Å². The van der Waals surface area contributed by atoms with Crippen molar-refractivity contribution < 1.29 is 14.5 Å². The number of fused-ring (bicyclic) bond motifs is 1. The first kappa shape index (κ1) is 35.3. The quantitative estimate of drug-likeness (QED) is 0.0648. The molecule has 15 heteroatoms. The number of hydrogen-bond donors (Lipinski definition) is 0. The number of carbonyl (C=O) groups is 1. The fourth-order valence-corrected chi connectivity index (χ4v) is 8.16. The van der Waals surface area contributed by atoms with E-state index >= 15 is 0 Å². The van der Waals surface area contributed by atoms with E-state index in [2.05, 4.69) is 15.2 Å². The molecule has 1 aliphatic heterocycles. The van der Waals surface area contributed by atoms with Gasteiger partial charge in [0.1, 0.15) is 0 Å². The molecule has 0 saturated heterocycles. The Kier molecular flexibility index (Phi) is 10.4. The number of hydrogen-bond acceptors (Lipinski definition) is 11. The predicted molar refractivity (Wildman–Crippen MR) is 197 cm³/mol. The van der Waals surface area contributed by atoms with Gasteiger partial charge in [0.15, 0.2) is 15.8 Å². The lowest BCUT2D eigenvalue weighted by Gasteiger charge is -2.25. The van der Waals surface area contributed by atoms with Gasteiger partial charge in [-0.2, -0.15) is 0 Å². The summed E-state index contributed by atoms with van der Waals surface area (Å²) < 4.78 is 9.33. The topological polar surface area (TPSA) is 135 Å². The van der Waals surface area contributed by atoms with Gasteiger partial charge in [-0.1, -0.05) is 47.2 Å². The molecule has 0 spiro atoms. The molecule has 256 valence electrons. The number of carbonyl (C=O) groups excluding carboxylic acids is 1. The maximum absolute atomic E-state index is 14.3. The molecule has 0 aliphatic carbocycles. The summed E-state index contributed by atoms with van der Waals surface area (Å²) in [6.07, 6.45) is 3.22. The highest BCUT2D eigenvalue weighted by Gasteiger charge is 2.34. The number of benzene rings is 3. The number of nitro benzene ring substituents is 1. The summed E-state index contributed by atoms with van der Waals surface area (Å²) in [6, 6.07) is 18.7. The van der Waals surface area contributed by atoms with E-state index in [0.29, 0.717) is 48.0 Å². The number of nitrogens with zero attached hydrogens (tertiary/aromatic N) is 6. The van der Waals surface area contributed by atoms with Crippen LogP contribution in [0.3, 0.4) is 0 Å². The molecule has 5 aromatic rings. The molecule has 11 nitrogen and oxygen atoms in total. The molecule has 50 heavy (non-hydrogen) atoms. The van der Waals surface area contributed by atoms with Crippen LogP contribution in [0.15, 0.2) is 103 Å². The lowest BCUT2D eigenvalue weighted by atomic mass is 9.96. The zero-order chi connectivity index (χ0) is 35.7. The number of thiazole rings is 1. The van der Waals surface area contributed by atoms with Crippen LogP contribution >= 0.6 is 46.5 Å². The first-order valence-electron chi connectivity index (χ1n) is 15.5. The Labute approximate surface area is 304 Å². The van der Waals surface area contributed by atoms with Crippen LogP contribution in [0.1, 0.15) is 44.9 Å². The Morgan fingerprint density at radius 2 is 1.90 bits per heavy atom. The average molecular weight is 747 g/mol. The highest BCUT2D eigenvalue weighted by atomic mass is 35.5. The molecule has 0 bridgehead atoms. The van der Waals surface area contributed by atoms with Crippen LogP contribution < -0.4 is 14.9 Å². The van der Waals surface area contributed by atoms with Crippen molar-refractivity contribution in [3.63, 3.8) is 0 Å². The van der Waals surface area contributed by atoms with Gasteiger partial charge >= 0.3 is 5.97 Å². The van der Waals surface area contributed by atoms with Crippen LogP contribution in [0.5, 0.6) is 0 Å². The average Bonchev–Trinajstić information content (AvgIpc) is 3.63. The number of halogens is 1. The van der Waals surface area contributed by atoms with Crippen LogP contribution in [0.2, 0.25) is 5.02 Å². The van der Waals surface area contributed by atoms with Crippen molar-refractivity contribution in [3.05, 3.63) is 124 Å². The minimum absolute atomic E-state index is 0.133. The molecule has 3 heterocycles. The molecule has 1 atom stereocenters. The summed E-state index contributed by atoms with van der Waals surface area (Å²) in [6.45, 7) is 7.78. The molecule has 0 unspecified atom stereocenters. The predicted octanol–water partition coefficient (Wildman–Crippen LogP) is 6.90. The third-order valence-corrected chi connectivity index (χ3v) is 10.9. The Bertz CT molecular complexity index is 2350. The SMILES string of the molecule is CCn1c(Sc2ccc([N+](=O)[O-])cc2/C=c2\sc3n(c2=O)[C@H](c2ccc(SC)cc2)C(C(=O)OC(C)C)=C(C)N=3)nnc1-c1cccc(Cl)c1. The number of esters is 1. The number of ether oxygens (including phenoxy) is 1. The van der Waals surface area contributed by atoms with E-state index in [-0.39, 0.29) is 17.4 Å².